The number of carbonyl (C=O) groups excluding carboxylic acids is 1. The van der Waals surface area contributed by atoms with Crippen LogP contribution in [-0.2, 0) is 14.3 Å². The first-order valence-electron chi connectivity index (χ1n) is 14.8. The molecular formula is C27H47ClFN5O4. The van der Waals surface area contributed by atoms with Crippen molar-refractivity contribution in [2.24, 2.45) is 17.8 Å². The molecule has 5 fully saturated rings. The first-order valence-corrected chi connectivity index (χ1v) is 15.3. The van der Waals surface area contributed by atoms with Gasteiger partial charge < -0.3 is 30.1 Å². The molecule has 0 spiro atoms. The van der Waals surface area contributed by atoms with Crippen LogP contribution in [-0.4, -0.2) is 111 Å². The second-order valence-corrected chi connectivity index (χ2v) is 12.7. The Labute approximate surface area is 231 Å². The maximum Gasteiger partial charge on any atom is 0.223 e. The van der Waals surface area contributed by atoms with Crippen molar-refractivity contribution < 1.29 is 23.8 Å². The number of aliphatic hydroxyl groups is 1. The van der Waals surface area contributed by atoms with E-state index in [2.05, 4.69) is 26.2 Å². The largest absolute Gasteiger partial charge is 0.390 e. The van der Waals surface area contributed by atoms with Crippen LogP contribution >= 0.6 is 11.6 Å². The van der Waals surface area contributed by atoms with Crippen molar-refractivity contribution in [3.63, 3.8) is 0 Å². The topological polar surface area (TPSA) is 107 Å². The van der Waals surface area contributed by atoms with Gasteiger partial charge in [-0.1, -0.05) is 0 Å². The lowest BCUT2D eigenvalue weighted by molar-refractivity contribution is -0.126. The standard InChI is InChI=1S/C27H47ClFN5O4/c28-26-23-6-8-34(13-18(23)1-4-24(26)37-15-22-12-30-16-38-22)14-21(35)11-32-27(36)17-5-7-31-25(9-17)33-20-3-2-19(29)10-20/h17-26,30-31,33,35H,1-16H2,(H,32,36)/t17?,18?,19?,20?,21-,22?,23?,24?,25?,26?/m0/s1. The fourth-order valence-electron chi connectivity index (χ4n) is 7.17. The smallest absolute Gasteiger partial charge is 0.223 e. The van der Waals surface area contributed by atoms with Gasteiger partial charge in [0.1, 0.15) is 6.17 Å². The lowest BCUT2D eigenvalue weighted by atomic mass is 9.73. The summed E-state index contributed by atoms with van der Waals surface area (Å²) < 4.78 is 25.2. The molecule has 11 heteroatoms. The minimum atomic E-state index is -0.706. The quantitative estimate of drug-likeness (QED) is 0.252. The van der Waals surface area contributed by atoms with Crippen LogP contribution in [0.3, 0.4) is 0 Å². The van der Waals surface area contributed by atoms with E-state index in [4.69, 9.17) is 21.1 Å². The first-order chi connectivity index (χ1) is 18.4. The molecule has 2 aliphatic carbocycles. The zero-order valence-corrected chi connectivity index (χ0v) is 23.2. The highest BCUT2D eigenvalue weighted by Gasteiger charge is 2.42. The summed E-state index contributed by atoms with van der Waals surface area (Å²) in [5, 5.41) is 23.8. The predicted molar refractivity (Wildman–Crippen MR) is 144 cm³/mol. The van der Waals surface area contributed by atoms with Crippen LogP contribution in [0.1, 0.15) is 51.4 Å². The van der Waals surface area contributed by atoms with Crippen LogP contribution < -0.4 is 21.3 Å². The highest BCUT2D eigenvalue weighted by molar-refractivity contribution is 6.21. The number of nitrogens with zero attached hydrogens (tertiary/aromatic N) is 1. The molecule has 5 aliphatic rings. The maximum atomic E-state index is 13.5. The summed E-state index contributed by atoms with van der Waals surface area (Å²) in [7, 11) is 0. The maximum absolute atomic E-state index is 13.5. The number of likely N-dealkylation sites (tertiary alicyclic amines) is 1. The Balaban J connectivity index is 0.987. The van der Waals surface area contributed by atoms with Gasteiger partial charge in [0.25, 0.3) is 0 Å². The van der Waals surface area contributed by atoms with Crippen molar-refractivity contribution in [2.75, 3.05) is 52.6 Å². The fraction of sp³-hybridized carbons (Fsp3) is 0.963. The van der Waals surface area contributed by atoms with E-state index in [9.17, 15) is 14.3 Å². The van der Waals surface area contributed by atoms with E-state index in [0.29, 0.717) is 51.0 Å². The number of hydrogen-bond acceptors (Lipinski definition) is 8. The molecule has 2 saturated carbocycles. The number of hydrogen-bond donors (Lipinski definition) is 5. The molecule has 38 heavy (non-hydrogen) atoms. The van der Waals surface area contributed by atoms with E-state index >= 15 is 0 Å². The molecule has 0 aromatic rings. The van der Waals surface area contributed by atoms with Gasteiger partial charge in [-0.2, -0.15) is 0 Å². The number of ether oxygens (including phenoxy) is 2. The number of amides is 1. The SMILES string of the molecule is O=C(NC[C@H](O)CN1CCC2C(CCC(OCC3CNCO3)C2Cl)C1)C1CCNC(NC2CCC(F)C2)C1. The Morgan fingerprint density at radius 2 is 2.11 bits per heavy atom. The van der Waals surface area contributed by atoms with Crippen molar-refractivity contribution in [3.8, 4) is 0 Å². The molecule has 0 aromatic heterocycles. The van der Waals surface area contributed by atoms with E-state index in [-0.39, 0.29) is 48.2 Å². The van der Waals surface area contributed by atoms with E-state index in [1.54, 1.807) is 0 Å². The van der Waals surface area contributed by atoms with Gasteiger partial charge in [0.15, 0.2) is 0 Å². The van der Waals surface area contributed by atoms with Crippen LogP contribution in [0.2, 0.25) is 0 Å². The lowest BCUT2D eigenvalue weighted by Gasteiger charge is -2.46. The summed E-state index contributed by atoms with van der Waals surface area (Å²) in [5.74, 6) is 0.874. The summed E-state index contributed by atoms with van der Waals surface area (Å²) in [6, 6.07) is 0.191. The number of nitrogens with one attached hydrogen (secondary N) is 4. The monoisotopic (exact) mass is 559 g/mol. The Bertz CT molecular complexity index is 765. The second kappa shape index (κ2) is 13.9. The summed E-state index contributed by atoms with van der Waals surface area (Å²) in [4.78, 5) is 15.2. The second-order valence-electron chi connectivity index (χ2n) is 12.2. The van der Waals surface area contributed by atoms with E-state index in [1.165, 1.54) is 0 Å². The third-order valence-corrected chi connectivity index (χ3v) is 9.92. The highest BCUT2D eigenvalue weighted by Crippen LogP contribution is 2.40. The van der Waals surface area contributed by atoms with Crippen molar-refractivity contribution in [1.82, 2.24) is 26.2 Å². The van der Waals surface area contributed by atoms with Gasteiger partial charge in [-0.15, -0.1) is 11.6 Å². The molecule has 3 heterocycles. The zero-order valence-electron chi connectivity index (χ0n) is 22.5. The Hall–Kier alpha value is -0.590. The minimum absolute atomic E-state index is 0.00735. The molecule has 10 atom stereocenters. The molecule has 0 aromatic carbocycles. The van der Waals surface area contributed by atoms with Crippen LogP contribution in [0.15, 0.2) is 0 Å². The summed E-state index contributed by atoms with van der Waals surface area (Å²) in [5.41, 5.74) is 0. The number of piperidine rings is 2. The third-order valence-electron chi connectivity index (χ3n) is 9.31. The number of alkyl halides is 2. The number of halogens is 2. The molecule has 0 bridgehead atoms. The van der Waals surface area contributed by atoms with Crippen LogP contribution in [0.5, 0.6) is 0 Å². The van der Waals surface area contributed by atoms with Crippen molar-refractivity contribution >= 4 is 17.5 Å². The molecule has 3 aliphatic heterocycles. The van der Waals surface area contributed by atoms with Gasteiger partial charge >= 0.3 is 0 Å². The van der Waals surface area contributed by atoms with Gasteiger partial charge in [-0.05, 0) is 76.3 Å². The molecule has 5 rings (SSSR count). The van der Waals surface area contributed by atoms with Crippen molar-refractivity contribution in [2.45, 2.75) is 93.4 Å². The van der Waals surface area contributed by atoms with Crippen LogP contribution in [0, 0.1) is 17.8 Å². The molecule has 9 unspecified atom stereocenters. The van der Waals surface area contributed by atoms with Crippen LogP contribution in [0.4, 0.5) is 4.39 Å². The van der Waals surface area contributed by atoms with E-state index in [0.717, 1.165) is 58.3 Å². The molecule has 0 radical (unpaired) electrons. The van der Waals surface area contributed by atoms with E-state index < -0.39 is 12.3 Å². The summed E-state index contributed by atoms with van der Waals surface area (Å²) in [6.07, 6.45) is 5.51. The fourth-order valence-corrected chi connectivity index (χ4v) is 7.70. The number of carbonyl (C=O) groups is 1. The van der Waals surface area contributed by atoms with Crippen molar-refractivity contribution in [3.05, 3.63) is 0 Å². The van der Waals surface area contributed by atoms with Gasteiger partial charge in [0.2, 0.25) is 5.91 Å². The molecule has 9 nitrogen and oxygen atoms in total. The number of β-amino-alcohol motifs (C(OH)–C–C–N with tert-alkyl or cyclic N) is 1. The molecule has 3 saturated heterocycles. The van der Waals surface area contributed by atoms with Gasteiger partial charge in [0, 0.05) is 38.1 Å². The Kier molecular flexibility index (Phi) is 10.5. The number of fused-ring (bicyclic) bond motifs is 1. The predicted octanol–water partition coefficient (Wildman–Crippen LogP) is 0.940. The van der Waals surface area contributed by atoms with Gasteiger partial charge in [-0.25, -0.2) is 4.39 Å². The lowest BCUT2D eigenvalue weighted by Crippen LogP contribution is -2.54. The average Bonchev–Trinajstić information content (AvgIpc) is 3.58. The molecular weight excluding hydrogens is 513 g/mol. The Morgan fingerprint density at radius 1 is 1.21 bits per heavy atom. The average molecular weight is 560 g/mol. The van der Waals surface area contributed by atoms with E-state index in [1.807, 2.05) is 0 Å². The first kappa shape index (κ1) is 28.9. The van der Waals surface area contributed by atoms with Crippen molar-refractivity contribution in [1.29, 1.82) is 0 Å². The summed E-state index contributed by atoms with van der Waals surface area (Å²) in [6.45, 7) is 5.45. The normalized spacial score (nSPS) is 41.1. The molecule has 218 valence electrons. The number of rotatable bonds is 10. The Morgan fingerprint density at radius 3 is 2.89 bits per heavy atom. The highest BCUT2D eigenvalue weighted by atomic mass is 35.5. The molecule has 5 N–H and O–H groups in total. The number of aliphatic hydroxyl groups excluding tert-OH is 1. The zero-order chi connectivity index (χ0) is 26.5. The van der Waals surface area contributed by atoms with Gasteiger partial charge in [0.05, 0.1) is 43.2 Å². The van der Waals surface area contributed by atoms with Gasteiger partial charge in [-0.3, -0.25) is 15.4 Å². The molecule has 1 amide bonds. The van der Waals surface area contributed by atoms with Crippen LogP contribution in [0.25, 0.3) is 0 Å². The summed E-state index contributed by atoms with van der Waals surface area (Å²) >= 11 is 6.89. The third kappa shape index (κ3) is 7.78. The minimum Gasteiger partial charge on any atom is -0.390 e.